The van der Waals surface area contributed by atoms with Gasteiger partial charge < -0.3 is 0 Å². The van der Waals surface area contributed by atoms with Crippen LogP contribution in [0.3, 0.4) is 0 Å². The number of rotatable bonds is 0. The van der Waals surface area contributed by atoms with Gasteiger partial charge in [-0.05, 0) is 0 Å². The van der Waals surface area contributed by atoms with Crippen molar-refractivity contribution in [3.8, 4) is 0 Å². The van der Waals surface area contributed by atoms with Crippen LogP contribution in [0.4, 0.5) is 0 Å². The van der Waals surface area contributed by atoms with Crippen molar-refractivity contribution in [1.82, 2.24) is 0 Å². The summed E-state index contributed by atoms with van der Waals surface area (Å²) in [6, 6.07) is 0. The molecule has 0 heterocycles. The topological polar surface area (TPSA) is 57.5 Å². The van der Waals surface area contributed by atoms with Gasteiger partial charge in [0.25, 0.3) is 9.05 Å². The Kier molecular flexibility index (Phi) is 5.01. The molecule has 0 fully saturated rings. The summed E-state index contributed by atoms with van der Waals surface area (Å²) in [5.41, 5.74) is 0. The molecule has 0 radical (unpaired) electrons. The van der Waals surface area contributed by atoms with Gasteiger partial charge in [0.05, 0.1) is 0 Å². The first-order chi connectivity index (χ1) is 2.00. The first-order valence-electron chi connectivity index (χ1n) is 0.698. The molecule has 3 nitrogen and oxygen atoms in total. The van der Waals surface area contributed by atoms with Crippen LogP contribution in [0.5, 0.6) is 0 Å². The zero-order valence-corrected chi connectivity index (χ0v) is 3.75. The molecule has 0 atom stereocenters. The molecule has 0 spiro atoms. The van der Waals surface area contributed by atoms with E-state index in [0.29, 0.717) is 0 Å². The van der Waals surface area contributed by atoms with Gasteiger partial charge in [0.15, 0.2) is 0 Å². The van der Waals surface area contributed by atoms with Crippen LogP contribution >= 0.6 is 0 Å². The van der Waals surface area contributed by atoms with Gasteiger partial charge in [-0.3, -0.25) is 9.11 Å². The third-order valence-electron chi connectivity index (χ3n) is 0. The number of hydrogen-bond acceptors (Lipinski definition) is 2. The first-order valence-corrected chi connectivity index (χ1v) is 3.10. The van der Waals surface area contributed by atoms with Crippen LogP contribution < -0.4 is 0 Å². The predicted molar refractivity (Wildman–Crippen MR) is 30.7 cm³/mol. The molecule has 0 amide bonds. The van der Waals surface area contributed by atoms with E-state index in [1.165, 1.54) is 0 Å². The van der Waals surface area contributed by atoms with E-state index in [2.05, 4.69) is 11.2 Å². The van der Waals surface area contributed by atoms with E-state index in [9.17, 15) is 0 Å². The summed E-state index contributed by atoms with van der Waals surface area (Å²) in [5, 5.41) is 0. The molecule has 0 aliphatic rings. The van der Waals surface area contributed by atoms with Gasteiger partial charge in [0.1, 0.15) is 0 Å². The second-order valence-electron chi connectivity index (χ2n) is 0.448. The summed E-state index contributed by atoms with van der Waals surface area (Å²) in [4.78, 5) is 0. The van der Waals surface area contributed by atoms with Crippen LogP contribution in [0, 0.1) is 0 Å². The second-order valence-corrected chi connectivity index (χ2v) is 2.65. The van der Waals surface area contributed by atoms with Crippen LogP contribution in [-0.2, 0) is 20.2 Å². The Morgan fingerprint density at radius 1 is 1.50 bits per heavy atom. The molecular weight excluding hydrogens is 182 g/mol. The molecule has 0 unspecified atom stereocenters. The van der Waals surface area contributed by atoms with Crippen LogP contribution in [0.25, 0.3) is 0 Å². The molecule has 38 valence electrons. The fourth-order valence-corrected chi connectivity index (χ4v) is 0. The minimum absolute atomic E-state index is 0. The Bertz CT molecular complexity index is 92.0. The minimum atomic E-state index is -3.83. The third kappa shape index (κ3) is 88.5. The van der Waals surface area contributed by atoms with E-state index in [1.54, 1.807) is 0 Å². The molecule has 6 heavy (non-hydrogen) atoms. The van der Waals surface area contributed by atoms with Gasteiger partial charge in [0.2, 0.25) is 0 Å². The van der Waals surface area contributed by atoms with Crippen molar-refractivity contribution < 1.29 is 13.3 Å². The van der Waals surface area contributed by atoms with E-state index in [4.69, 9.17) is 13.3 Å². The van der Waals surface area contributed by atoms with Gasteiger partial charge >= 0.3 is 19.8 Å². The molecule has 2 N–H and O–H groups in total. The Hall–Kier alpha value is 0.926. The van der Waals surface area contributed by atoms with E-state index >= 15 is 0 Å². The van der Waals surface area contributed by atoms with Gasteiger partial charge in [-0.1, -0.05) is 0 Å². The van der Waals surface area contributed by atoms with Gasteiger partial charge in [-0.15, -0.1) is 0 Å². The standard InChI is InChI=1S/Ga.H2O3S2.3H/c;1-5(2,3)4;;;/h;(H2,1,2,3,4);;;. The Morgan fingerprint density at radius 3 is 1.50 bits per heavy atom. The summed E-state index contributed by atoms with van der Waals surface area (Å²) < 4.78 is 24.0. The van der Waals surface area contributed by atoms with Crippen molar-refractivity contribution in [2.24, 2.45) is 0 Å². The van der Waals surface area contributed by atoms with Crippen LogP contribution in [0.1, 0.15) is 0 Å². The van der Waals surface area contributed by atoms with Crippen molar-refractivity contribution in [2.45, 2.75) is 0 Å². The summed E-state index contributed by atoms with van der Waals surface area (Å²) in [7, 11) is -3.83. The fraction of sp³-hybridized carbons (Fsp3) is 0. The normalized spacial score (nSPS) is 9.67. The van der Waals surface area contributed by atoms with Crippen LogP contribution in [0.15, 0.2) is 0 Å². The summed E-state index contributed by atoms with van der Waals surface area (Å²) in [5.74, 6) is 0. The van der Waals surface area contributed by atoms with Crippen molar-refractivity contribution in [2.75, 3.05) is 0 Å². The molecule has 6 heteroatoms. The molecule has 0 aliphatic heterocycles. The summed E-state index contributed by atoms with van der Waals surface area (Å²) in [6.07, 6.45) is 0. The molecule has 0 aromatic heterocycles. The molecule has 0 aromatic rings. The zero-order chi connectivity index (χ0) is 4.50. The Labute approximate surface area is 53.5 Å². The molecule has 0 saturated carbocycles. The molecule has 0 rings (SSSR count). The fourth-order valence-electron chi connectivity index (χ4n) is 0. The van der Waals surface area contributed by atoms with Crippen molar-refractivity contribution >= 4 is 40.0 Å². The van der Waals surface area contributed by atoms with E-state index in [0.717, 1.165) is 0 Å². The molecule has 0 aliphatic carbocycles. The molecule has 0 aromatic carbocycles. The van der Waals surface area contributed by atoms with Crippen LogP contribution in [-0.4, -0.2) is 33.1 Å². The SMILES string of the molecule is O=S(O)(O)=S.[GaH3]. The quantitative estimate of drug-likeness (QED) is 0.453. The van der Waals surface area contributed by atoms with Crippen LogP contribution in [0.2, 0.25) is 0 Å². The maximum absolute atomic E-state index is 9.11. The number of hydrogen-bond donors (Lipinski definition) is 2. The monoisotopic (exact) mass is 186 g/mol. The van der Waals surface area contributed by atoms with E-state index < -0.39 is 9.05 Å². The Balaban J connectivity index is 0. The Morgan fingerprint density at radius 2 is 1.50 bits per heavy atom. The van der Waals surface area contributed by atoms with Gasteiger partial charge in [-0.25, -0.2) is 0 Å². The molecular formula is H5GaO3S2. The predicted octanol–water partition coefficient (Wildman–Crippen LogP) is -1.51. The van der Waals surface area contributed by atoms with E-state index in [-0.39, 0.29) is 19.8 Å². The average Bonchev–Trinajstić information content (AvgIpc) is 0.722. The van der Waals surface area contributed by atoms with E-state index in [1.807, 2.05) is 0 Å². The molecule has 0 bridgehead atoms. The van der Waals surface area contributed by atoms with Crippen molar-refractivity contribution in [3.63, 3.8) is 0 Å². The second kappa shape index (κ2) is 3.00. The summed E-state index contributed by atoms with van der Waals surface area (Å²) in [6.45, 7) is 0. The van der Waals surface area contributed by atoms with Gasteiger partial charge in [0, 0.05) is 11.2 Å². The molecule has 0 saturated heterocycles. The zero-order valence-electron chi connectivity index (χ0n) is 2.12. The van der Waals surface area contributed by atoms with Crippen molar-refractivity contribution in [3.05, 3.63) is 0 Å². The summed E-state index contributed by atoms with van der Waals surface area (Å²) >= 11 is 3.47. The maximum atomic E-state index is 9.11. The average molecular weight is 187 g/mol. The first kappa shape index (κ1) is 10.0. The third-order valence-corrected chi connectivity index (χ3v) is 0. The van der Waals surface area contributed by atoms with Gasteiger partial charge in [-0.2, -0.15) is 4.21 Å². The van der Waals surface area contributed by atoms with Crippen molar-refractivity contribution in [1.29, 1.82) is 0 Å².